The van der Waals surface area contributed by atoms with Crippen molar-refractivity contribution in [3.8, 4) is 0 Å². The maximum atomic E-state index is 2.33. The molecule has 1 N–H and O–H groups in total. The molecule has 0 bridgehead atoms. The molecule has 0 heterocycles. The molecule has 0 aliphatic heterocycles. The number of benzene rings is 2. The van der Waals surface area contributed by atoms with E-state index in [4.69, 9.17) is 0 Å². The Labute approximate surface area is 111 Å². The lowest BCUT2D eigenvalue weighted by Crippen LogP contribution is -2.25. The summed E-state index contributed by atoms with van der Waals surface area (Å²) in [5, 5.41) is 3.08. The standard InChI is InChI=1S/C16H20P.H2O/c1-3-17(4-2,15-11-7-5-8-12-15)16-13-9-6-10-14-16;/h5-14H,3-4H2,1-2H3;1H2/q+1;/p-1. The van der Waals surface area contributed by atoms with Gasteiger partial charge in [0.25, 0.3) is 0 Å². The van der Waals surface area contributed by atoms with Gasteiger partial charge in [-0.3, -0.25) is 0 Å². The van der Waals surface area contributed by atoms with E-state index in [2.05, 4.69) is 74.5 Å². The average Bonchev–Trinajstić information content (AvgIpc) is 2.43. The van der Waals surface area contributed by atoms with Crippen LogP contribution >= 0.6 is 7.26 Å². The summed E-state index contributed by atoms with van der Waals surface area (Å²) in [5.41, 5.74) is 0. The lowest BCUT2D eigenvalue weighted by atomic mass is 10.4. The first-order chi connectivity index (χ1) is 8.33. The molecular formula is C16H21OP. The van der Waals surface area contributed by atoms with Gasteiger partial charge in [-0.1, -0.05) is 36.4 Å². The van der Waals surface area contributed by atoms with Crippen LogP contribution in [0.5, 0.6) is 0 Å². The maximum absolute atomic E-state index is 2.33. The molecule has 18 heavy (non-hydrogen) atoms. The van der Waals surface area contributed by atoms with Crippen molar-refractivity contribution in [2.24, 2.45) is 0 Å². The highest BCUT2D eigenvalue weighted by molar-refractivity contribution is 7.89. The van der Waals surface area contributed by atoms with Gasteiger partial charge in [-0.05, 0) is 38.1 Å². The fourth-order valence-electron chi connectivity index (χ4n) is 2.53. The molecule has 0 aliphatic rings. The SMILES string of the molecule is CC[P+](CC)(c1ccccc1)c1ccccc1.[OH-]. The van der Waals surface area contributed by atoms with Gasteiger partial charge in [-0.2, -0.15) is 0 Å². The van der Waals surface area contributed by atoms with Gasteiger partial charge in [0.15, 0.2) is 0 Å². The van der Waals surface area contributed by atoms with Crippen LogP contribution in [0.4, 0.5) is 0 Å². The van der Waals surface area contributed by atoms with Crippen LogP contribution in [0.25, 0.3) is 0 Å². The zero-order valence-electron chi connectivity index (χ0n) is 11.1. The summed E-state index contributed by atoms with van der Waals surface area (Å²) in [5.74, 6) is 0. The Balaban J connectivity index is 0.00000162. The molecule has 0 aliphatic carbocycles. The summed E-state index contributed by atoms with van der Waals surface area (Å²) >= 11 is 0. The zero-order chi connectivity index (χ0) is 12.1. The Bertz CT molecular complexity index is 408. The van der Waals surface area contributed by atoms with Gasteiger partial charge in [0.1, 0.15) is 0 Å². The lowest BCUT2D eigenvalue weighted by molar-refractivity contribution is 0.824. The molecule has 0 saturated heterocycles. The van der Waals surface area contributed by atoms with Crippen molar-refractivity contribution in [2.45, 2.75) is 13.8 Å². The van der Waals surface area contributed by atoms with Crippen LogP contribution in [0.15, 0.2) is 60.7 Å². The fourth-order valence-corrected chi connectivity index (χ4v) is 6.22. The van der Waals surface area contributed by atoms with Crippen LogP contribution in [0.1, 0.15) is 13.8 Å². The molecule has 0 spiro atoms. The first kappa shape index (κ1) is 14.9. The van der Waals surface area contributed by atoms with E-state index in [1.54, 1.807) is 0 Å². The summed E-state index contributed by atoms with van der Waals surface area (Å²) < 4.78 is 0. The molecule has 0 amide bonds. The predicted molar refractivity (Wildman–Crippen MR) is 82.1 cm³/mol. The molecule has 0 atom stereocenters. The van der Waals surface area contributed by atoms with Gasteiger partial charge >= 0.3 is 0 Å². The second-order valence-electron chi connectivity index (χ2n) is 4.27. The van der Waals surface area contributed by atoms with Crippen molar-refractivity contribution in [3.63, 3.8) is 0 Å². The van der Waals surface area contributed by atoms with Crippen molar-refractivity contribution in [2.75, 3.05) is 12.3 Å². The largest absolute Gasteiger partial charge is 0.870 e. The van der Waals surface area contributed by atoms with E-state index in [0.717, 1.165) is 0 Å². The number of hydrogen-bond acceptors (Lipinski definition) is 1. The highest BCUT2D eigenvalue weighted by Crippen LogP contribution is 2.55. The Morgan fingerprint density at radius 2 is 1.00 bits per heavy atom. The second-order valence-corrected chi connectivity index (χ2v) is 8.50. The minimum atomic E-state index is -1.16. The topological polar surface area (TPSA) is 30.0 Å². The van der Waals surface area contributed by atoms with Gasteiger partial charge in [0.2, 0.25) is 0 Å². The van der Waals surface area contributed by atoms with Crippen molar-refractivity contribution in [3.05, 3.63) is 60.7 Å². The molecule has 2 aromatic carbocycles. The highest BCUT2D eigenvalue weighted by atomic mass is 31.2. The van der Waals surface area contributed by atoms with Gasteiger partial charge in [-0.25, -0.2) is 0 Å². The van der Waals surface area contributed by atoms with Gasteiger partial charge in [-0.15, -0.1) is 0 Å². The number of rotatable bonds is 4. The molecule has 2 rings (SSSR count). The molecule has 96 valence electrons. The molecule has 2 heteroatoms. The number of hydrogen-bond donors (Lipinski definition) is 0. The minimum Gasteiger partial charge on any atom is -0.870 e. The molecule has 0 saturated carbocycles. The summed E-state index contributed by atoms with van der Waals surface area (Å²) in [7, 11) is -1.16. The first-order valence-corrected chi connectivity index (χ1v) is 8.47. The van der Waals surface area contributed by atoms with E-state index in [1.165, 1.54) is 22.9 Å². The van der Waals surface area contributed by atoms with E-state index in [1.807, 2.05) is 0 Å². The van der Waals surface area contributed by atoms with E-state index >= 15 is 0 Å². The molecule has 1 nitrogen and oxygen atoms in total. The maximum Gasteiger partial charge on any atom is 0.0991 e. The summed E-state index contributed by atoms with van der Waals surface area (Å²) in [6.45, 7) is 4.66. The molecule has 0 unspecified atom stereocenters. The molecule has 0 aromatic heterocycles. The Morgan fingerprint density at radius 3 is 1.28 bits per heavy atom. The van der Waals surface area contributed by atoms with Crippen LogP contribution in [0.2, 0.25) is 0 Å². The highest BCUT2D eigenvalue weighted by Gasteiger charge is 2.38. The molecular weight excluding hydrogens is 239 g/mol. The minimum absolute atomic E-state index is 0. The summed E-state index contributed by atoms with van der Waals surface area (Å²) in [4.78, 5) is 0. The third-order valence-corrected chi connectivity index (χ3v) is 8.31. The predicted octanol–water partition coefficient (Wildman–Crippen LogP) is 3.52. The first-order valence-electron chi connectivity index (χ1n) is 6.32. The van der Waals surface area contributed by atoms with Crippen LogP contribution < -0.4 is 10.6 Å². The van der Waals surface area contributed by atoms with E-state index in [9.17, 15) is 0 Å². The summed E-state index contributed by atoms with van der Waals surface area (Å²) in [6, 6.07) is 22.1. The summed E-state index contributed by atoms with van der Waals surface area (Å²) in [6.07, 6.45) is 2.50. The van der Waals surface area contributed by atoms with Crippen molar-refractivity contribution < 1.29 is 5.48 Å². The smallest absolute Gasteiger partial charge is 0.0991 e. The molecule has 2 aromatic rings. The Hall–Kier alpha value is -1.17. The van der Waals surface area contributed by atoms with Crippen LogP contribution in [0.3, 0.4) is 0 Å². The monoisotopic (exact) mass is 260 g/mol. The third-order valence-electron chi connectivity index (χ3n) is 3.58. The van der Waals surface area contributed by atoms with Crippen LogP contribution in [-0.2, 0) is 0 Å². The Kier molecular flexibility index (Phi) is 5.53. The zero-order valence-corrected chi connectivity index (χ0v) is 12.0. The lowest BCUT2D eigenvalue weighted by Gasteiger charge is -2.24. The Morgan fingerprint density at radius 1 is 0.667 bits per heavy atom. The van der Waals surface area contributed by atoms with Crippen molar-refractivity contribution in [1.29, 1.82) is 0 Å². The van der Waals surface area contributed by atoms with Crippen molar-refractivity contribution >= 4 is 17.9 Å². The fraction of sp³-hybridized carbons (Fsp3) is 0.250. The van der Waals surface area contributed by atoms with Gasteiger partial charge in [0, 0.05) is 0 Å². The van der Waals surface area contributed by atoms with Crippen molar-refractivity contribution in [1.82, 2.24) is 0 Å². The van der Waals surface area contributed by atoms with Crippen LogP contribution in [0, 0.1) is 0 Å². The third kappa shape index (κ3) is 2.63. The van der Waals surface area contributed by atoms with E-state index in [-0.39, 0.29) is 5.48 Å². The van der Waals surface area contributed by atoms with E-state index in [0.29, 0.717) is 0 Å². The van der Waals surface area contributed by atoms with Gasteiger partial charge < -0.3 is 5.48 Å². The molecule has 0 fully saturated rings. The normalized spacial score (nSPS) is 10.8. The quantitative estimate of drug-likeness (QED) is 0.773. The second kappa shape index (κ2) is 6.68. The van der Waals surface area contributed by atoms with E-state index < -0.39 is 7.26 Å². The molecule has 0 radical (unpaired) electrons. The van der Waals surface area contributed by atoms with Crippen LogP contribution in [-0.4, -0.2) is 17.8 Å². The average molecular weight is 260 g/mol. The van der Waals surface area contributed by atoms with Gasteiger partial charge in [0.05, 0.1) is 30.2 Å².